The predicted octanol–water partition coefficient (Wildman–Crippen LogP) is -1.15. The van der Waals surface area contributed by atoms with E-state index in [4.69, 9.17) is 5.73 Å². The maximum absolute atomic E-state index is 10.3. The lowest BCUT2D eigenvalue weighted by molar-refractivity contribution is -0.121. The molecule has 0 aromatic heterocycles. The number of rotatable bonds is 4. The van der Waals surface area contributed by atoms with E-state index < -0.39 is 5.91 Å². The van der Waals surface area contributed by atoms with Crippen molar-refractivity contribution in [2.75, 3.05) is 6.54 Å². The van der Waals surface area contributed by atoms with Gasteiger partial charge in [0.1, 0.15) is 0 Å². The van der Waals surface area contributed by atoms with Gasteiger partial charge in [-0.05, 0) is 0 Å². The molecule has 0 aliphatic rings. The first-order chi connectivity index (χ1) is 4.18. The number of amides is 2. The first-order valence-electron chi connectivity index (χ1n) is 2.65. The van der Waals surface area contributed by atoms with Crippen LogP contribution in [0.15, 0.2) is 0 Å². The predicted molar refractivity (Wildman–Crippen MR) is 32.4 cm³/mol. The van der Waals surface area contributed by atoms with Crippen molar-refractivity contribution in [2.24, 2.45) is 11.7 Å². The van der Waals surface area contributed by atoms with Gasteiger partial charge >= 0.3 is 0 Å². The minimum Gasteiger partial charge on any atom is -0.369 e. The summed E-state index contributed by atoms with van der Waals surface area (Å²) in [4.78, 5) is 19.9. The first kappa shape index (κ1) is 7.94. The molecule has 4 heteroatoms. The Labute approximate surface area is 53.4 Å². The second-order valence-corrected chi connectivity index (χ2v) is 1.83. The molecule has 0 aromatic carbocycles. The van der Waals surface area contributed by atoms with Gasteiger partial charge in [-0.3, -0.25) is 9.59 Å². The number of carbonyl (C=O) groups is 2. The number of hydrogen-bond donors (Lipinski definition) is 2. The van der Waals surface area contributed by atoms with Crippen LogP contribution in [0.25, 0.3) is 0 Å². The van der Waals surface area contributed by atoms with Crippen molar-refractivity contribution < 1.29 is 9.59 Å². The van der Waals surface area contributed by atoms with Crippen molar-refractivity contribution in [1.82, 2.24) is 5.32 Å². The molecule has 0 spiro atoms. The SMILES string of the molecule is C[C@@H](CNC=O)C(N)=O. The molecule has 0 aromatic rings. The summed E-state index contributed by atoms with van der Waals surface area (Å²) < 4.78 is 0. The van der Waals surface area contributed by atoms with Crippen LogP contribution in [0.2, 0.25) is 0 Å². The van der Waals surface area contributed by atoms with E-state index in [2.05, 4.69) is 5.32 Å². The molecular weight excluding hydrogens is 120 g/mol. The van der Waals surface area contributed by atoms with Crippen LogP contribution in [0.1, 0.15) is 6.92 Å². The fourth-order valence-electron chi connectivity index (χ4n) is 0.325. The molecule has 2 amide bonds. The highest BCUT2D eigenvalue weighted by Crippen LogP contribution is 1.87. The summed E-state index contributed by atoms with van der Waals surface area (Å²) >= 11 is 0. The van der Waals surface area contributed by atoms with Crippen LogP contribution in [-0.4, -0.2) is 18.9 Å². The van der Waals surface area contributed by atoms with E-state index in [1.165, 1.54) is 0 Å². The van der Waals surface area contributed by atoms with E-state index in [1.807, 2.05) is 0 Å². The van der Waals surface area contributed by atoms with E-state index in [0.717, 1.165) is 0 Å². The lowest BCUT2D eigenvalue weighted by atomic mass is 10.2. The number of nitrogens with one attached hydrogen (secondary N) is 1. The van der Waals surface area contributed by atoms with Gasteiger partial charge in [0, 0.05) is 6.54 Å². The maximum atomic E-state index is 10.3. The molecule has 52 valence electrons. The first-order valence-corrected chi connectivity index (χ1v) is 2.65. The highest BCUT2D eigenvalue weighted by atomic mass is 16.1. The van der Waals surface area contributed by atoms with Crippen LogP contribution in [0, 0.1) is 5.92 Å². The third-order valence-corrected chi connectivity index (χ3v) is 0.993. The lowest BCUT2D eigenvalue weighted by Crippen LogP contribution is -2.30. The normalized spacial score (nSPS) is 12.1. The second-order valence-electron chi connectivity index (χ2n) is 1.83. The molecule has 9 heavy (non-hydrogen) atoms. The Kier molecular flexibility index (Phi) is 3.43. The van der Waals surface area contributed by atoms with E-state index >= 15 is 0 Å². The summed E-state index contributed by atoms with van der Waals surface area (Å²) in [5.41, 5.74) is 4.88. The summed E-state index contributed by atoms with van der Waals surface area (Å²) in [5, 5.41) is 2.35. The fourth-order valence-corrected chi connectivity index (χ4v) is 0.325. The van der Waals surface area contributed by atoms with Crippen LogP contribution in [-0.2, 0) is 9.59 Å². The third-order valence-electron chi connectivity index (χ3n) is 0.993. The summed E-state index contributed by atoms with van der Waals surface area (Å²) in [5.74, 6) is -0.681. The molecule has 0 bridgehead atoms. The molecule has 0 fully saturated rings. The highest BCUT2D eigenvalue weighted by molar-refractivity contribution is 5.76. The van der Waals surface area contributed by atoms with Gasteiger partial charge in [0.2, 0.25) is 12.3 Å². The van der Waals surface area contributed by atoms with Crippen LogP contribution < -0.4 is 11.1 Å². The van der Waals surface area contributed by atoms with Gasteiger partial charge in [0.25, 0.3) is 0 Å². The Balaban J connectivity index is 3.37. The molecule has 3 N–H and O–H groups in total. The zero-order chi connectivity index (χ0) is 7.28. The number of carbonyl (C=O) groups excluding carboxylic acids is 2. The quantitative estimate of drug-likeness (QED) is 0.472. The smallest absolute Gasteiger partial charge is 0.222 e. The summed E-state index contributed by atoms with van der Waals surface area (Å²) in [7, 11) is 0. The Hall–Kier alpha value is -1.06. The summed E-state index contributed by atoms with van der Waals surface area (Å²) in [6, 6.07) is 0. The van der Waals surface area contributed by atoms with Crippen molar-refractivity contribution in [3.8, 4) is 0 Å². The average molecular weight is 130 g/mol. The van der Waals surface area contributed by atoms with Gasteiger partial charge in [-0.2, -0.15) is 0 Å². The minimum absolute atomic E-state index is 0.282. The molecule has 0 heterocycles. The molecular formula is C5H10N2O2. The van der Waals surface area contributed by atoms with Crippen molar-refractivity contribution in [3.05, 3.63) is 0 Å². The molecule has 4 nitrogen and oxygen atoms in total. The van der Waals surface area contributed by atoms with Crippen molar-refractivity contribution in [3.63, 3.8) is 0 Å². The molecule has 0 radical (unpaired) electrons. The molecule has 0 saturated carbocycles. The van der Waals surface area contributed by atoms with Crippen molar-refractivity contribution >= 4 is 12.3 Å². The number of nitrogens with two attached hydrogens (primary N) is 1. The third kappa shape index (κ3) is 3.52. The van der Waals surface area contributed by atoms with Gasteiger partial charge in [0.15, 0.2) is 0 Å². The summed E-state index contributed by atoms with van der Waals surface area (Å²) in [6.45, 7) is 1.97. The lowest BCUT2D eigenvalue weighted by Gasteiger charge is -2.03. The average Bonchev–Trinajstić information content (AvgIpc) is 1.82. The van der Waals surface area contributed by atoms with Gasteiger partial charge in [0.05, 0.1) is 5.92 Å². The Morgan fingerprint density at radius 3 is 2.78 bits per heavy atom. The van der Waals surface area contributed by atoms with Crippen LogP contribution >= 0.6 is 0 Å². The zero-order valence-corrected chi connectivity index (χ0v) is 5.26. The molecule has 0 aliphatic carbocycles. The van der Waals surface area contributed by atoms with Crippen molar-refractivity contribution in [2.45, 2.75) is 6.92 Å². The van der Waals surface area contributed by atoms with Crippen molar-refractivity contribution in [1.29, 1.82) is 0 Å². The molecule has 0 saturated heterocycles. The zero-order valence-electron chi connectivity index (χ0n) is 5.26. The molecule has 1 atom stereocenters. The number of hydrogen-bond acceptors (Lipinski definition) is 2. The van der Waals surface area contributed by atoms with Gasteiger partial charge < -0.3 is 11.1 Å². The van der Waals surface area contributed by atoms with Crippen LogP contribution in [0.5, 0.6) is 0 Å². The van der Waals surface area contributed by atoms with E-state index in [0.29, 0.717) is 13.0 Å². The van der Waals surface area contributed by atoms with E-state index in [-0.39, 0.29) is 5.92 Å². The number of primary amides is 1. The fraction of sp³-hybridized carbons (Fsp3) is 0.600. The second kappa shape index (κ2) is 3.88. The Morgan fingerprint density at radius 2 is 2.44 bits per heavy atom. The van der Waals surface area contributed by atoms with Crippen LogP contribution in [0.3, 0.4) is 0 Å². The van der Waals surface area contributed by atoms with Crippen LogP contribution in [0.4, 0.5) is 0 Å². The standard InChI is InChI=1S/C5H10N2O2/c1-4(5(6)9)2-7-3-8/h3-4H,2H2,1H3,(H2,6,9)(H,7,8)/t4-/m0/s1. The monoisotopic (exact) mass is 130 g/mol. The maximum Gasteiger partial charge on any atom is 0.222 e. The van der Waals surface area contributed by atoms with E-state index in [9.17, 15) is 9.59 Å². The Morgan fingerprint density at radius 1 is 1.89 bits per heavy atom. The molecule has 0 aliphatic heterocycles. The molecule has 0 rings (SSSR count). The minimum atomic E-state index is -0.399. The topological polar surface area (TPSA) is 72.2 Å². The summed E-state index contributed by atoms with van der Waals surface area (Å²) in [6.07, 6.45) is 0.541. The largest absolute Gasteiger partial charge is 0.369 e. The van der Waals surface area contributed by atoms with Gasteiger partial charge in [-0.1, -0.05) is 6.92 Å². The van der Waals surface area contributed by atoms with Gasteiger partial charge in [-0.25, -0.2) is 0 Å². The Bertz CT molecular complexity index is 114. The van der Waals surface area contributed by atoms with E-state index in [1.54, 1.807) is 6.92 Å². The molecule has 0 unspecified atom stereocenters. The highest BCUT2D eigenvalue weighted by Gasteiger charge is 2.05. The van der Waals surface area contributed by atoms with Gasteiger partial charge in [-0.15, -0.1) is 0 Å².